The number of rotatable bonds is 4. The molecule has 3 rings (SSSR count). The molecular formula is C19H29ClN2O. The molecule has 2 saturated carbocycles. The maximum atomic E-state index is 12.6. The molecule has 1 aromatic carbocycles. The predicted octanol–water partition coefficient (Wildman–Crippen LogP) is 4.37. The van der Waals surface area contributed by atoms with Crippen LogP contribution in [-0.2, 0) is 11.3 Å². The third-order valence-electron chi connectivity index (χ3n) is 5.49. The molecule has 0 aliphatic heterocycles. The second-order valence-corrected chi connectivity index (χ2v) is 7.03. The van der Waals surface area contributed by atoms with Crippen LogP contribution in [0.2, 0.25) is 0 Å². The van der Waals surface area contributed by atoms with Gasteiger partial charge in [-0.05, 0) is 55.8 Å². The number of nitrogens with one attached hydrogen (secondary N) is 2. The first-order valence-corrected chi connectivity index (χ1v) is 8.80. The molecule has 2 N–H and O–H groups in total. The van der Waals surface area contributed by atoms with Gasteiger partial charge in [-0.1, -0.05) is 37.8 Å². The summed E-state index contributed by atoms with van der Waals surface area (Å²) in [6.07, 6.45) is 8.92. The Morgan fingerprint density at radius 2 is 1.91 bits per heavy atom. The zero-order valence-corrected chi connectivity index (χ0v) is 14.8. The number of hydrogen-bond acceptors (Lipinski definition) is 2. The fraction of sp³-hybridized carbons (Fsp3) is 0.632. The van der Waals surface area contributed by atoms with Crippen LogP contribution in [0.5, 0.6) is 0 Å². The van der Waals surface area contributed by atoms with E-state index in [4.69, 9.17) is 0 Å². The highest BCUT2D eigenvalue weighted by molar-refractivity contribution is 5.92. The predicted molar refractivity (Wildman–Crippen MR) is 97.9 cm³/mol. The molecule has 3 nitrogen and oxygen atoms in total. The van der Waals surface area contributed by atoms with E-state index in [-0.39, 0.29) is 24.2 Å². The van der Waals surface area contributed by atoms with Crippen molar-refractivity contribution in [2.75, 3.05) is 12.4 Å². The highest BCUT2D eigenvalue weighted by Gasteiger charge is 2.34. The fourth-order valence-electron chi connectivity index (χ4n) is 4.32. The van der Waals surface area contributed by atoms with Crippen LogP contribution in [0.15, 0.2) is 24.3 Å². The molecule has 0 spiro atoms. The van der Waals surface area contributed by atoms with Crippen LogP contribution in [-0.4, -0.2) is 13.0 Å². The minimum absolute atomic E-state index is 0. The van der Waals surface area contributed by atoms with Gasteiger partial charge in [0.2, 0.25) is 5.91 Å². The quantitative estimate of drug-likeness (QED) is 0.857. The Balaban J connectivity index is 0.00000192. The van der Waals surface area contributed by atoms with Gasteiger partial charge >= 0.3 is 0 Å². The molecule has 0 aromatic heterocycles. The molecule has 0 bridgehead atoms. The fourth-order valence-corrected chi connectivity index (χ4v) is 4.32. The second kappa shape index (κ2) is 8.70. The summed E-state index contributed by atoms with van der Waals surface area (Å²) >= 11 is 0. The standard InChI is InChI=1S/C19H28N2O.ClH/c1-20-13-14-5-4-8-18(11-14)21-19(22)17-10-9-15-6-2-3-7-16(15)12-17;/h4-5,8,11,15-17,20H,2-3,6-7,9-10,12-13H2,1H3,(H,21,22);1H. The first-order chi connectivity index (χ1) is 10.8. The first kappa shape index (κ1) is 18.3. The number of fused-ring (bicyclic) bond motifs is 1. The summed E-state index contributed by atoms with van der Waals surface area (Å²) in [7, 11) is 1.94. The second-order valence-electron chi connectivity index (χ2n) is 7.03. The Kier molecular flexibility index (Phi) is 6.91. The molecule has 0 radical (unpaired) electrons. The van der Waals surface area contributed by atoms with Crippen LogP contribution in [0.25, 0.3) is 0 Å². The van der Waals surface area contributed by atoms with Crippen LogP contribution >= 0.6 is 12.4 Å². The molecule has 1 amide bonds. The van der Waals surface area contributed by atoms with Gasteiger partial charge < -0.3 is 10.6 Å². The SMILES string of the molecule is CNCc1cccc(NC(=O)C2CCC3CCCCC3C2)c1.Cl. The third-order valence-corrected chi connectivity index (χ3v) is 5.49. The molecule has 23 heavy (non-hydrogen) atoms. The molecule has 3 atom stereocenters. The molecule has 2 fully saturated rings. The van der Waals surface area contributed by atoms with Crippen molar-refractivity contribution in [1.29, 1.82) is 0 Å². The molecule has 4 heteroatoms. The first-order valence-electron chi connectivity index (χ1n) is 8.80. The average molecular weight is 337 g/mol. The minimum atomic E-state index is 0. The normalized spacial score (nSPS) is 26.7. The van der Waals surface area contributed by atoms with E-state index in [1.165, 1.54) is 37.7 Å². The minimum Gasteiger partial charge on any atom is -0.326 e. The molecule has 1 aromatic rings. The van der Waals surface area contributed by atoms with Gasteiger partial charge in [-0.3, -0.25) is 4.79 Å². The largest absolute Gasteiger partial charge is 0.326 e. The van der Waals surface area contributed by atoms with E-state index in [0.717, 1.165) is 36.9 Å². The number of amides is 1. The van der Waals surface area contributed by atoms with E-state index in [0.29, 0.717) is 0 Å². The molecule has 2 aliphatic carbocycles. The van der Waals surface area contributed by atoms with Gasteiger partial charge in [-0.25, -0.2) is 0 Å². The molecule has 0 saturated heterocycles. The van der Waals surface area contributed by atoms with Crippen LogP contribution in [0.1, 0.15) is 50.5 Å². The summed E-state index contributed by atoms with van der Waals surface area (Å²) in [4.78, 5) is 12.6. The van der Waals surface area contributed by atoms with Crippen LogP contribution < -0.4 is 10.6 Å². The topological polar surface area (TPSA) is 41.1 Å². The molecule has 3 unspecified atom stereocenters. The number of benzene rings is 1. The number of anilines is 1. The Labute approximate surface area is 146 Å². The zero-order chi connectivity index (χ0) is 15.4. The van der Waals surface area contributed by atoms with Crippen LogP contribution in [0.4, 0.5) is 5.69 Å². The third kappa shape index (κ3) is 4.71. The maximum absolute atomic E-state index is 12.6. The van der Waals surface area contributed by atoms with E-state index < -0.39 is 0 Å². The monoisotopic (exact) mass is 336 g/mol. The van der Waals surface area contributed by atoms with Gasteiger partial charge in [0.25, 0.3) is 0 Å². The summed E-state index contributed by atoms with van der Waals surface area (Å²) in [5.74, 6) is 2.14. The molecule has 0 heterocycles. The number of halogens is 1. The van der Waals surface area contributed by atoms with Crippen molar-refractivity contribution >= 4 is 24.0 Å². The van der Waals surface area contributed by atoms with Gasteiger partial charge in [0.15, 0.2) is 0 Å². The Morgan fingerprint density at radius 1 is 1.13 bits per heavy atom. The van der Waals surface area contributed by atoms with Crippen LogP contribution in [0, 0.1) is 17.8 Å². The van der Waals surface area contributed by atoms with E-state index >= 15 is 0 Å². The Hall–Kier alpha value is -1.06. The van der Waals surface area contributed by atoms with Gasteiger partial charge in [0, 0.05) is 18.2 Å². The van der Waals surface area contributed by atoms with Crippen molar-refractivity contribution < 1.29 is 4.79 Å². The van der Waals surface area contributed by atoms with Crippen molar-refractivity contribution in [3.63, 3.8) is 0 Å². The smallest absolute Gasteiger partial charge is 0.227 e. The highest BCUT2D eigenvalue weighted by Crippen LogP contribution is 2.42. The molecule has 2 aliphatic rings. The van der Waals surface area contributed by atoms with Crippen molar-refractivity contribution in [1.82, 2.24) is 5.32 Å². The summed E-state index contributed by atoms with van der Waals surface area (Å²) in [5, 5.41) is 6.29. The average Bonchev–Trinajstić information content (AvgIpc) is 2.55. The maximum Gasteiger partial charge on any atom is 0.227 e. The lowest BCUT2D eigenvalue weighted by Crippen LogP contribution is -2.33. The van der Waals surface area contributed by atoms with Crippen molar-refractivity contribution in [2.45, 2.75) is 51.5 Å². The summed E-state index contributed by atoms with van der Waals surface area (Å²) in [5.41, 5.74) is 2.14. The van der Waals surface area contributed by atoms with E-state index in [2.05, 4.69) is 22.8 Å². The summed E-state index contributed by atoms with van der Waals surface area (Å²) in [6.45, 7) is 0.830. The summed E-state index contributed by atoms with van der Waals surface area (Å²) in [6, 6.07) is 8.16. The van der Waals surface area contributed by atoms with Crippen LogP contribution in [0.3, 0.4) is 0 Å². The Morgan fingerprint density at radius 3 is 2.70 bits per heavy atom. The Bertz CT molecular complexity index is 520. The lowest BCUT2D eigenvalue weighted by Gasteiger charge is -2.38. The number of carbonyl (C=O) groups is 1. The molecular weight excluding hydrogens is 308 g/mol. The number of hydrogen-bond donors (Lipinski definition) is 2. The van der Waals surface area contributed by atoms with E-state index in [1.807, 2.05) is 19.2 Å². The van der Waals surface area contributed by atoms with Gasteiger partial charge in [0.1, 0.15) is 0 Å². The lowest BCUT2D eigenvalue weighted by molar-refractivity contribution is -0.122. The van der Waals surface area contributed by atoms with E-state index in [1.54, 1.807) is 0 Å². The van der Waals surface area contributed by atoms with Crippen molar-refractivity contribution in [3.8, 4) is 0 Å². The van der Waals surface area contributed by atoms with Gasteiger partial charge in [-0.15, -0.1) is 12.4 Å². The zero-order valence-electron chi connectivity index (χ0n) is 14.0. The highest BCUT2D eigenvalue weighted by atomic mass is 35.5. The van der Waals surface area contributed by atoms with E-state index in [9.17, 15) is 4.79 Å². The van der Waals surface area contributed by atoms with Crippen molar-refractivity contribution in [3.05, 3.63) is 29.8 Å². The van der Waals surface area contributed by atoms with Crippen molar-refractivity contribution in [2.24, 2.45) is 17.8 Å². The lowest BCUT2D eigenvalue weighted by atomic mass is 9.67. The van der Waals surface area contributed by atoms with Gasteiger partial charge in [0.05, 0.1) is 0 Å². The molecule has 128 valence electrons. The van der Waals surface area contributed by atoms with Gasteiger partial charge in [-0.2, -0.15) is 0 Å². The number of carbonyl (C=O) groups excluding carboxylic acids is 1. The summed E-state index contributed by atoms with van der Waals surface area (Å²) < 4.78 is 0.